The van der Waals surface area contributed by atoms with E-state index in [9.17, 15) is 4.79 Å². The van der Waals surface area contributed by atoms with E-state index >= 15 is 0 Å². The lowest BCUT2D eigenvalue weighted by molar-refractivity contribution is -0.110. The lowest BCUT2D eigenvalue weighted by Crippen LogP contribution is -2.35. The number of hydrogen-bond acceptors (Lipinski definition) is 3. The van der Waals surface area contributed by atoms with Gasteiger partial charge in [-0.25, -0.2) is 0 Å². The Kier molecular flexibility index (Phi) is 3.64. The molecule has 2 rings (SSSR count). The lowest BCUT2D eigenvalue weighted by atomic mass is 10.2. The molecule has 0 radical (unpaired) electrons. The number of amides is 1. The molecular formula is C12H10ClN3O2. The first-order chi connectivity index (χ1) is 8.70. The predicted molar refractivity (Wildman–Crippen MR) is 68.3 cm³/mol. The molecule has 0 aliphatic carbocycles. The van der Waals surface area contributed by atoms with Gasteiger partial charge in [0.25, 0.3) is 0 Å². The molecule has 1 aromatic carbocycles. The fourth-order valence-electron chi connectivity index (χ4n) is 1.40. The molecule has 0 aliphatic heterocycles. The molecule has 1 amide bonds. The zero-order chi connectivity index (χ0) is 13.0. The molecule has 1 aromatic heterocycles. The Morgan fingerprint density at radius 1 is 1.22 bits per heavy atom. The number of carbonyl (C=O) groups excluding carboxylic acids is 1. The summed E-state index contributed by atoms with van der Waals surface area (Å²) in [6.45, 7) is 0. The van der Waals surface area contributed by atoms with Crippen LogP contribution in [0.5, 0.6) is 0 Å². The quantitative estimate of drug-likeness (QED) is 0.342. The van der Waals surface area contributed by atoms with Crippen LogP contribution in [-0.4, -0.2) is 12.2 Å². The minimum Gasteiger partial charge on any atom is -0.453 e. The Hall–Kier alpha value is -2.27. The summed E-state index contributed by atoms with van der Waals surface area (Å²) in [5.74, 6) is 0.927. The SMILES string of the molecule is N=C(NNC=O)c1ccc(-c2ccc(Cl)cc2)o1. The number of rotatable bonds is 4. The Labute approximate surface area is 108 Å². The summed E-state index contributed by atoms with van der Waals surface area (Å²) in [4.78, 5) is 10.1. The van der Waals surface area contributed by atoms with Crippen LogP contribution in [0.3, 0.4) is 0 Å². The van der Waals surface area contributed by atoms with Gasteiger partial charge in [0, 0.05) is 10.6 Å². The second kappa shape index (κ2) is 5.37. The third-order valence-corrected chi connectivity index (χ3v) is 2.49. The van der Waals surface area contributed by atoms with Crippen LogP contribution >= 0.6 is 11.6 Å². The van der Waals surface area contributed by atoms with E-state index in [0.29, 0.717) is 23.0 Å². The second-order valence-electron chi connectivity index (χ2n) is 3.43. The van der Waals surface area contributed by atoms with Crippen LogP contribution in [-0.2, 0) is 4.79 Å². The zero-order valence-electron chi connectivity index (χ0n) is 9.24. The minimum absolute atomic E-state index is 0.0256. The van der Waals surface area contributed by atoms with Crippen molar-refractivity contribution in [3.63, 3.8) is 0 Å². The molecule has 2 aromatic rings. The highest BCUT2D eigenvalue weighted by atomic mass is 35.5. The summed E-state index contributed by atoms with van der Waals surface area (Å²) < 4.78 is 5.48. The van der Waals surface area contributed by atoms with Crippen molar-refractivity contribution < 1.29 is 9.21 Å². The van der Waals surface area contributed by atoms with E-state index in [1.165, 1.54) is 0 Å². The van der Waals surface area contributed by atoms with Gasteiger partial charge in [-0.05, 0) is 36.4 Å². The fraction of sp³-hybridized carbons (Fsp3) is 0. The van der Waals surface area contributed by atoms with Crippen molar-refractivity contribution in [2.75, 3.05) is 0 Å². The van der Waals surface area contributed by atoms with E-state index in [4.69, 9.17) is 21.4 Å². The second-order valence-corrected chi connectivity index (χ2v) is 3.87. The molecule has 0 aliphatic rings. The number of hydrazine groups is 1. The fourth-order valence-corrected chi connectivity index (χ4v) is 1.53. The molecule has 0 unspecified atom stereocenters. The van der Waals surface area contributed by atoms with Crippen LogP contribution in [0, 0.1) is 5.41 Å². The molecule has 0 atom stereocenters. The number of hydrogen-bond donors (Lipinski definition) is 3. The van der Waals surface area contributed by atoms with E-state index < -0.39 is 0 Å². The minimum atomic E-state index is -0.0256. The molecule has 1 heterocycles. The van der Waals surface area contributed by atoms with Crippen LogP contribution < -0.4 is 10.9 Å². The molecule has 5 nitrogen and oxygen atoms in total. The zero-order valence-corrected chi connectivity index (χ0v) is 9.99. The highest BCUT2D eigenvalue weighted by molar-refractivity contribution is 6.30. The van der Waals surface area contributed by atoms with Crippen molar-refractivity contribution in [2.45, 2.75) is 0 Å². The van der Waals surface area contributed by atoms with Gasteiger partial charge in [-0.3, -0.25) is 21.1 Å². The number of furan rings is 1. The summed E-state index contributed by atoms with van der Waals surface area (Å²) in [5.41, 5.74) is 5.41. The van der Waals surface area contributed by atoms with Crippen LogP contribution in [0.1, 0.15) is 5.76 Å². The summed E-state index contributed by atoms with van der Waals surface area (Å²) in [5, 5.41) is 8.24. The first kappa shape index (κ1) is 12.2. The summed E-state index contributed by atoms with van der Waals surface area (Å²) in [6.07, 6.45) is 0.442. The van der Waals surface area contributed by atoms with E-state index in [1.807, 2.05) is 12.1 Å². The molecule has 0 saturated carbocycles. The van der Waals surface area contributed by atoms with Gasteiger partial charge >= 0.3 is 0 Å². The third kappa shape index (κ3) is 2.70. The van der Waals surface area contributed by atoms with E-state index in [1.54, 1.807) is 24.3 Å². The maximum absolute atomic E-state index is 10.1. The predicted octanol–water partition coefficient (Wildman–Crippen LogP) is 2.18. The molecule has 0 fully saturated rings. The van der Waals surface area contributed by atoms with Crippen LogP contribution in [0.15, 0.2) is 40.8 Å². The Bertz CT molecular complexity index is 563. The van der Waals surface area contributed by atoms with Gasteiger partial charge in [0.1, 0.15) is 5.76 Å². The van der Waals surface area contributed by atoms with Gasteiger partial charge in [0.05, 0.1) is 0 Å². The number of amidine groups is 1. The highest BCUT2D eigenvalue weighted by Crippen LogP contribution is 2.23. The van der Waals surface area contributed by atoms with Crippen molar-refractivity contribution in [2.24, 2.45) is 0 Å². The molecule has 3 N–H and O–H groups in total. The van der Waals surface area contributed by atoms with E-state index in [0.717, 1.165) is 5.56 Å². The van der Waals surface area contributed by atoms with Crippen molar-refractivity contribution in [3.8, 4) is 11.3 Å². The largest absolute Gasteiger partial charge is 0.453 e. The van der Waals surface area contributed by atoms with Gasteiger partial charge in [0.15, 0.2) is 11.6 Å². The summed E-state index contributed by atoms with van der Waals surface area (Å²) in [6, 6.07) is 10.6. The molecule has 0 bridgehead atoms. The van der Waals surface area contributed by atoms with Crippen molar-refractivity contribution >= 4 is 23.8 Å². The standard InChI is InChI=1S/C12H10ClN3O2/c13-9-3-1-8(2-4-9)10-5-6-11(18-10)12(14)16-15-7-17/h1-7H,(H2,14,16)(H,15,17). The monoisotopic (exact) mass is 263 g/mol. The molecule has 18 heavy (non-hydrogen) atoms. The van der Waals surface area contributed by atoms with Crippen LogP contribution in [0.4, 0.5) is 0 Å². The average Bonchev–Trinajstić information content (AvgIpc) is 2.86. The first-order valence-corrected chi connectivity index (χ1v) is 5.48. The molecule has 6 heteroatoms. The van der Waals surface area contributed by atoms with Gasteiger partial charge in [-0.1, -0.05) is 11.6 Å². The van der Waals surface area contributed by atoms with Gasteiger partial charge in [-0.2, -0.15) is 0 Å². The molecular weight excluding hydrogens is 254 g/mol. The average molecular weight is 264 g/mol. The van der Waals surface area contributed by atoms with Crippen molar-refractivity contribution in [3.05, 3.63) is 47.2 Å². The van der Waals surface area contributed by atoms with Crippen LogP contribution in [0.2, 0.25) is 5.02 Å². The Balaban J connectivity index is 2.17. The number of benzene rings is 1. The highest BCUT2D eigenvalue weighted by Gasteiger charge is 2.08. The van der Waals surface area contributed by atoms with E-state index in [2.05, 4.69) is 10.9 Å². The maximum atomic E-state index is 10.1. The van der Waals surface area contributed by atoms with Gasteiger partial charge in [-0.15, -0.1) is 0 Å². The molecule has 0 saturated heterocycles. The van der Waals surface area contributed by atoms with Crippen molar-refractivity contribution in [1.29, 1.82) is 5.41 Å². The first-order valence-electron chi connectivity index (χ1n) is 5.10. The normalized spacial score (nSPS) is 9.83. The van der Waals surface area contributed by atoms with Crippen molar-refractivity contribution in [1.82, 2.24) is 10.9 Å². The topological polar surface area (TPSA) is 78.1 Å². The summed E-state index contributed by atoms with van der Waals surface area (Å²) >= 11 is 5.80. The number of carbonyl (C=O) groups is 1. The Morgan fingerprint density at radius 2 is 1.94 bits per heavy atom. The maximum Gasteiger partial charge on any atom is 0.225 e. The molecule has 0 spiro atoms. The van der Waals surface area contributed by atoms with E-state index in [-0.39, 0.29) is 5.84 Å². The molecule has 92 valence electrons. The van der Waals surface area contributed by atoms with Crippen LogP contribution in [0.25, 0.3) is 11.3 Å². The number of nitrogens with one attached hydrogen (secondary N) is 3. The van der Waals surface area contributed by atoms with Gasteiger partial charge in [0.2, 0.25) is 6.41 Å². The third-order valence-electron chi connectivity index (χ3n) is 2.24. The smallest absolute Gasteiger partial charge is 0.225 e. The van der Waals surface area contributed by atoms with Gasteiger partial charge < -0.3 is 4.42 Å². The Morgan fingerprint density at radius 3 is 2.61 bits per heavy atom. The number of halogens is 1. The summed E-state index contributed by atoms with van der Waals surface area (Å²) in [7, 11) is 0. The lowest BCUT2D eigenvalue weighted by Gasteiger charge is -2.02.